The molecule has 4 heteroatoms. The predicted octanol–water partition coefficient (Wildman–Crippen LogP) is 1.26. The van der Waals surface area contributed by atoms with Gasteiger partial charge in [-0.15, -0.1) is 0 Å². The van der Waals surface area contributed by atoms with E-state index in [4.69, 9.17) is 0 Å². The Morgan fingerprint density at radius 1 is 1.00 bits per heavy atom. The molecule has 0 bridgehead atoms. The lowest BCUT2D eigenvalue weighted by atomic mass is 10.1. The van der Waals surface area contributed by atoms with Crippen LogP contribution in [0.3, 0.4) is 0 Å². The second kappa shape index (κ2) is 7.25. The van der Waals surface area contributed by atoms with E-state index in [2.05, 4.69) is 46.3 Å². The standard InChI is InChI=1S/C18H16BrNO.BrH/c1-13-10-18(21)20(17-5-3-2-4-16(13)17)12-15-8-6-14(11-19)7-9-15;/h2-10H,11-12H2,1H3;1H/p-1. The van der Waals surface area contributed by atoms with Gasteiger partial charge in [0.15, 0.2) is 0 Å². The molecule has 0 saturated heterocycles. The van der Waals surface area contributed by atoms with Crippen LogP contribution in [-0.4, -0.2) is 4.57 Å². The Morgan fingerprint density at radius 3 is 2.32 bits per heavy atom. The van der Waals surface area contributed by atoms with Crippen molar-refractivity contribution in [2.45, 2.75) is 18.8 Å². The van der Waals surface area contributed by atoms with Gasteiger partial charge < -0.3 is 21.5 Å². The van der Waals surface area contributed by atoms with Crippen LogP contribution < -0.4 is 22.5 Å². The van der Waals surface area contributed by atoms with E-state index < -0.39 is 0 Å². The van der Waals surface area contributed by atoms with Crippen molar-refractivity contribution in [2.75, 3.05) is 0 Å². The lowest BCUT2D eigenvalue weighted by Crippen LogP contribution is -3.00. The molecule has 2 aromatic carbocycles. The molecule has 1 heterocycles. The van der Waals surface area contributed by atoms with E-state index in [9.17, 15) is 4.79 Å². The van der Waals surface area contributed by atoms with Gasteiger partial charge in [0.1, 0.15) is 0 Å². The number of para-hydroxylation sites is 1. The van der Waals surface area contributed by atoms with Crippen molar-refractivity contribution in [3.8, 4) is 0 Å². The highest BCUT2D eigenvalue weighted by atomic mass is 79.9. The molecule has 0 aliphatic heterocycles. The zero-order valence-corrected chi connectivity index (χ0v) is 15.4. The number of hydrogen-bond acceptors (Lipinski definition) is 1. The van der Waals surface area contributed by atoms with Crippen LogP contribution in [0.5, 0.6) is 0 Å². The third kappa shape index (κ3) is 3.33. The Balaban J connectivity index is 0.00000176. The summed E-state index contributed by atoms with van der Waals surface area (Å²) in [5, 5.41) is 1.98. The minimum Gasteiger partial charge on any atom is -1.00 e. The summed E-state index contributed by atoms with van der Waals surface area (Å²) in [5.74, 6) is 0. The van der Waals surface area contributed by atoms with Crippen molar-refractivity contribution >= 4 is 26.8 Å². The van der Waals surface area contributed by atoms with Crippen LogP contribution in [0.15, 0.2) is 59.4 Å². The van der Waals surface area contributed by atoms with Gasteiger partial charge in [-0.2, -0.15) is 0 Å². The number of nitrogens with zero attached hydrogens (tertiary/aromatic N) is 1. The normalized spacial score (nSPS) is 10.5. The van der Waals surface area contributed by atoms with Crippen LogP contribution in [-0.2, 0) is 11.9 Å². The minimum atomic E-state index is 0. The van der Waals surface area contributed by atoms with Gasteiger partial charge in [0.05, 0.1) is 12.1 Å². The zero-order valence-electron chi connectivity index (χ0n) is 12.2. The van der Waals surface area contributed by atoms with Crippen molar-refractivity contribution in [2.24, 2.45) is 0 Å². The molecule has 114 valence electrons. The van der Waals surface area contributed by atoms with Gasteiger partial charge in [0.2, 0.25) is 0 Å². The first kappa shape index (κ1) is 17.0. The smallest absolute Gasteiger partial charge is 0.251 e. The highest BCUT2D eigenvalue weighted by Gasteiger charge is 2.06. The van der Waals surface area contributed by atoms with Crippen molar-refractivity contribution < 1.29 is 17.0 Å². The Morgan fingerprint density at radius 2 is 1.64 bits per heavy atom. The SMILES string of the molecule is Cc1cc(=O)n(Cc2ccc(CBr)cc2)c2ccccc12.[Br-]. The van der Waals surface area contributed by atoms with Gasteiger partial charge >= 0.3 is 0 Å². The summed E-state index contributed by atoms with van der Waals surface area (Å²) < 4.78 is 1.84. The molecule has 0 saturated carbocycles. The fraction of sp³-hybridized carbons (Fsp3) is 0.167. The topological polar surface area (TPSA) is 22.0 Å². The molecule has 0 atom stereocenters. The summed E-state index contributed by atoms with van der Waals surface area (Å²) in [6.45, 7) is 2.58. The number of pyridine rings is 1. The second-order valence-corrected chi connectivity index (χ2v) is 5.78. The monoisotopic (exact) mass is 420 g/mol. The average Bonchev–Trinajstić information content (AvgIpc) is 2.52. The van der Waals surface area contributed by atoms with E-state index in [0.717, 1.165) is 27.4 Å². The molecule has 0 fully saturated rings. The Hall–Kier alpha value is -1.39. The molecule has 1 aromatic heterocycles. The average molecular weight is 422 g/mol. The maximum absolute atomic E-state index is 12.3. The summed E-state index contributed by atoms with van der Waals surface area (Å²) >= 11 is 3.45. The van der Waals surface area contributed by atoms with Gasteiger partial charge in [-0.1, -0.05) is 58.4 Å². The van der Waals surface area contributed by atoms with Crippen molar-refractivity contribution in [1.82, 2.24) is 4.57 Å². The largest absolute Gasteiger partial charge is 1.00 e. The summed E-state index contributed by atoms with van der Waals surface area (Å²) in [6, 6.07) is 18.1. The highest BCUT2D eigenvalue weighted by molar-refractivity contribution is 9.08. The third-order valence-electron chi connectivity index (χ3n) is 3.74. The third-order valence-corrected chi connectivity index (χ3v) is 4.39. The molecule has 3 rings (SSSR count). The van der Waals surface area contributed by atoms with Crippen molar-refractivity contribution in [1.29, 1.82) is 0 Å². The predicted molar refractivity (Wildman–Crippen MR) is 91.1 cm³/mol. The van der Waals surface area contributed by atoms with Crippen molar-refractivity contribution in [3.63, 3.8) is 0 Å². The zero-order chi connectivity index (χ0) is 14.8. The fourth-order valence-electron chi connectivity index (χ4n) is 2.58. The molecule has 0 amide bonds. The highest BCUT2D eigenvalue weighted by Crippen LogP contribution is 2.17. The summed E-state index contributed by atoms with van der Waals surface area (Å²) in [4.78, 5) is 12.3. The van der Waals surface area contributed by atoms with E-state index in [0.29, 0.717) is 6.54 Å². The van der Waals surface area contributed by atoms with Crippen LogP contribution in [0.2, 0.25) is 0 Å². The van der Waals surface area contributed by atoms with Gasteiger partial charge in [-0.25, -0.2) is 0 Å². The molecule has 2 nitrogen and oxygen atoms in total. The number of alkyl halides is 1. The van der Waals surface area contributed by atoms with Crippen LogP contribution in [0, 0.1) is 6.92 Å². The van der Waals surface area contributed by atoms with Gasteiger partial charge in [0.25, 0.3) is 5.56 Å². The van der Waals surface area contributed by atoms with Gasteiger partial charge in [-0.05, 0) is 29.7 Å². The molecular formula is C18H16Br2NO-. The van der Waals surface area contributed by atoms with E-state index in [1.807, 2.05) is 29.7 Å². The molecular weight excluding hydrogens is 406 g/mol. The molecule has 0 aliphatic carbocycles. The van der Waals surface area contributed by atoms with Crippen LogP contribution >= 0.6 is 15.9 Å². The number of halogens is 2. The number of aryl methyl sites for hydroxylation is 1. The number of rotatable bonds is 3. The first-order valence-corrected chi connectivity index (χ1v) is 8.04. The first-order valence-electron chi connectivity index (χ1n) is 6.92. The van der Waals surface area contributed by atoms with E-state index in [1.165, 1.54) is 5.56 Å². The van der Waals surface area contributed by atoms with Crippen LogP contribution in [0.1, 0.15) is 16.7 Å². The van der Waals surface area contributed by atoms with Gasteiger partial charge in [0, 0.05) is 16.8 Å². The maximum Gasteiger partial charge on any atom is 0.251 e. The van der Waals surface area contributed by atoms with E-state index in [-0.39, 0.29) is 22.5 Å². The number of fused-ring (bicyclic) bond motifs is 1. The first-order chi connectivity index (χ1) is 10.2. The second-order valence-electron chi connectivity index (χ2n) is 5.22. The van der Waals surface area contributed by atoms with E-state index >= 15 is 0 Å². The number of benzene rings is 2. The van der Waals surface area contributed by atoms with Crippen LogP contribution in [0.4, 0.5) is 0 Å². The summed E-state index contributed by atoms with van der Waals surface area (Å²) in [6.07, 6.45) is 0. The minimum absolute atomic E-state index is 0. The number of aromatic nitrogens is 1. The Labute approximate surface area is 148 Å². The molecule has 3 aromatic rings. The Kier molecular flexibility index (Phi) is 5.59. The fourth-order valence-corrected chi connectivity index (χ4v) is 2.96. The maximum atomic E-state index is 12.3. The molecule has 0 aliphatic rings. The molecule has 0 radical (unpaired) electrons. The van der Waals surface area contributed by atoms with E-state index in [1.54, 1.807) is 6.07 Å². The molecule has 0 unspecified atom stereocenters. The molecule has 0 spiro atoms. The lowest BCUT2D eigenvalue weighted by Gasteiger charge is -2.12. The molecule has 0 N–H and O–H groups in total. The lowest BCUT2D eigenvalue weighted by molar-refractivity contribution is -0.00000420. The van der Waals surface area contributed by atoms with Crippen molar-refractivity contribution in [3.05, 3.63) is 81.6 Å². The van der Waals surface area contributed by atoms with Crippen LogP contribution in [0.25, 0.3) is 10.9 Å². The summed E-state index contributed by atoms with van der Waals surface area (Å²) in [7, 11) is 0. The molecule has 22 heavy (non-hydrogen) atoms. The summed E-state index contributed by atoms with van der Waals surface area (Å²) in [5.41, 5.74) is 4.44. The number of hydrogen-bond donors (Lipinski definition) is 0. The van der Waals surface area contributed by atoms with Gasteiger partial charge in [-0.3, -0.25) is 4.79 Å². The Bertz CT molecular complexity index is 838. The quantitative estimate of drug-likeness (QED) is 0.583.